The average molecular weight is 297 g/mol. The molecule has 0 bridgehead atoms. The molecule has 0 heterocycles. The van der Waals surface area contributed by atoms with Crippen LogP contribution in [0.4, 0.5) is 0 Å². The Hall–Kier alpha value is -2.58. The highest BCUT2D eigenvalue weighted by Gasteiger charge is 2.24. The number of hydrogen-bond acceptors (Lipinski definition) is 1. The summed E-state index contributed by atoms with van der Waals surface area (Å²) in [6.45, 7) is 0.712. The van der Waals surface area contributed by atoms with E-state index in [2.05, 4.69) is 91.0 Å². The molecule has 0 aliphatic carbocycles. The van der Waals surface area contributed by atoms with Gasteiger partial charge in [0.15, 0.2) is 0 Å². The highest BCUT2D eigenvalue weighted by Crippen LogP contribution is 2.17. The van der Waals surface area contributed by atoms with E-state index in [0.29, 0.717) is 6.54 Å². The molecule has 23 heavy (non-hydrogen) atoms. The average Bonchev–Trinajstić information content (AvgIpc) is 2.64. The standard InChI is InChI=1S/C21H20BN/c23-17-16-21(18-10-4-1-5-11-18)22(19-12-6-2-7-13-19)20-14-8-3-9-15-20/h1-16H,17,23H2/b21-16+. The molecule has 2 heteroatoms. The van der Waals surface area contributed by atoms with Crippen molar-refractivity contribution in [2.45, 2.75) is 0 Å². The number of rotatable bonds is 5. The molecular weight excluding hydrogens is 277 g/mol. The Labute approximate surface area is 138 Å². The maximum atomic E-state index is 5.88. The summed E-state index contributed by atoms with van der Waals surface area (Å²) in [7, 11) is 0. The van der Waals surface area contributed by atoms with Crippen LogP contribution < -0.4 is 16.7 Å². The van der Waals surface area contributed by atoms with Crippen LogP contribution in [-0.2, 0) is 0 Å². The first-order valence-corrected chi connectivity index (χ1v) is 7.95. The summed E-state index contributed by atoms with van der Waals surface area (Å²) in [5.41, 5.74) is 10.9. The lowest BCUT2D eigenvalue weighted by Crippen LogP contribution is -2.43. The van der Waals surface area contributed by atoms with Gasteiger partial charge in [-0.3, -0.25) is 0 Å². The molecule has 0 atom stereocenters. The van der Waals surface area contributed by atoms with Gasteiger partial charge in [0.05, 0.1) is 0 Å². The lowest BCUT2D eigenvalue weighted by Gasteiger charge is -2.19. The molecule has 0 aliphatic rings. The van der Waals surface area contributed by atoms with Crippen LogP contribution in [0.15, 0.2) is 97.1 Å². The highest BCUT2D eigenvalue weighted by atomic mass is 14.5. The molecule has 3 aromatic rings. The highest BCUT2D eigenvalue weighted by molar-refractivity contribution is 6.99. The lowest BCUT2D eigenvalue weighted by molar-refractivity contribution is 1.26. The normalized spacial score (nSPS) is 11.3. The number of nitrogens with two attached hydrogens (primary N) is 1. The van der Waals surface area contributed by atoms with E-state index in [1.54, 1.807) is 0 Å². The maximum absolute atomic E-state index is 5.88. The fourth-order valence-electron chi connectivity index (χ4n) is 3.00. The van der Waals surface area contributed by atoms with E-state index in [-0.39, 0.29) is 6.71 Å². The van der Waals surface area contributed by atoms with Gasteiger partial charge in [0, 0.05) is 6.54 Å². The van der Waals surface area contributed by atoms with Crippen molar-refractivity contribution in [3.63, 3.8) is 0 Å². The summed E-state index contributed by atoms with van der Waals surface area (Å²) in [5, 5.41) is 0. The second kappa shape index (κ2) is 7.62. The van der Waals surface area contributed by atoms with Crippen molar-refractivity contribution in [2.75, 3.05) is 6.54 Å². The van der Waals surface area contributed by atoms with Crippen LogP contribution in [0.5, 0.6) is 0 Å². The Morgan fingerprint density at radius 2 is 1.13 bits per heavy atom. The summed E-state index contributed by atoms with van der Waals surface area (Å²) in [6.07, 6.45) is 2.14. The van der Waals surface area contributed by atoms with Crippen molar-refractivity contribution in [3.05, 3.63) is 103 Å². The fourth-order valence-corrected chi connectivity index (χ4v) is 3.00. The van der Waals surface area contributed by atoms with E-state index < -0.39 is 0 Å². The molecule has 3 aromatic carbocycles. The molecular formula is C21H20BN. The molecule has 0 saturated heterocycles. The Bertz CT molecular complexity index is 712. The zero-order valence-electron chi connectivity index (χ0n) is 13.1. The Morgan fingerprint density at radius 3 is 1.57 bits per heavy atom. The first-order chi connectivity index (χ1) is 11.4. The van der Waals surface area contributed by atoms with Crippen LogP contribution in [-0.4, -0.2) is 13.3 Å². The van der Waals surface area contributed by atoms with Crippen molar-refractivity contribution in [1.29, 1.82) is 0 Å². The van der Waals surface area contributed by atoms with Crippen molar-refractivity contribution >= 4 is 23.1 Å². The van der Waals surface area contributed by atoms with Gasteiger partial charge in [0.1, 0.15) is 0 Å². The van der Waals surface area contributed by atoms with E-state index in [1.165, 1.54) is 22.0 Å². The van der Waals surface area contributed by atoms with E-state index in [1.807, 2.05) is 6.07 Å². The van der Waals surface area contributed by atoms with Crippen LogP contribution in [0, 0.1) is 0 Å². The van der Waals surface area contributed by atoms with Crippen molar-refractivity contribution < 1.29 is 0 Å². The summed E-state index contributed by atoms with van der Waals surface area (Å²) in [6, 6.07) is 31.7. The van der Waals surface area contributed by atoms with Crippen LogP contribution in [0.1, 0.15) is 5.56 Å². The molecule has 2 N–H and O–H groups in total. The Balaban J connectivity index is 2.16. The van der Waals surface area contributed by atoms with Gasteiger partial charge >= 0.3 is 0 Å². The molecule has 0 unspecified atom stereocenters. The molecule has 0 amide bonds. The SMILES string of the molecule is NC/C=C(/B(c1ccccc1)c1ccccc1)c1ccccc1. The molecule has 0 saturated carbocycles. The first-order valence-electron chi connectivity index (χ1n) is 7.95. The second-order valence-electron chi connectivity index (χ2n) is 5.52. The first kappa shape index (κ1) is 15.3. The number of hydrogen-bond donors (Lipinski definition) is 1. The summed E-state index contributed by atoms with van der Waals surface area (Å²) in [5.74, 6) is 0. The summed E-state index contributed by atoms with van der Waals surface area (Å²) >= 11 is 0. The topological polar surface area (TPSA) is 26.0 Å². The van der Waals surface area contributed by atoms with Crippen LogP contribution >= 0.6 is 0 Å². The van der Waals surface area contributed by atoms with E-state index >= 15 is 0 Å². The van der Waals surface area contributed by atoms with E-state index in [9.17, 15) is 0 Å². The molecule has 0 aliphatic heterocycles. The Kier molecular flexibility index (Phi) is 5.07. The molecule has 1 nitrogen and oxygen atoms in total. The van der Waals surface area contributed by atoms with Crippen molar-refractivity contribution in [2.24, 2.45) is 5.73 Å². The third-order valence-electron chi connectivity index (χ3n) is 4.02. The van der Waals surface area contributed by atoms with Crippen LogP contribution in [0.3, 0.4) is 0 Å². The number of benzene rings is 3. The largest absolute Gasteiger partial charge is 0.327 e. The quantitative estimate of drug-likeness (QED) is 0.720. The smallest absolute Gasteiger partial charge is 0.241 e. The molecule has 0 spiro atoms. The fraction of sp³-hybridized carbons (Fsp3) is 0.0476. The molecule has 0 radical (unpaired) electrons. The minimum atomic E-state index is 0.184. The minimum absolute atomic E-state index is 0.184. The van der Waals surface area contributed by atoms with Gasteiger partial charge in [-0.15, -0.1) is 0 Å². The molecule has 3 rings (SSSR count). The van der Waals surface area contributed by atoms with E-state index in [0.717, 1.165) is 0 Å². The van der Waals surface area contributed by atoms with Crippen molar-refractivity contribution in [1.82, 2.24) is 0 Å². The third kappa shape index (κ3) is 3.61. The second-order valence-corrected chi connectivity index (χ2v) is 5.52. The van der Waals surface area contributed by atoms with Gasteiger partial charge in [-0.25, -0.2) is 0 Å². The Morgan fingerprint density at radius 1 is 0.696 bits per heavy atom. The predicted octanol–water partition coefficient (Wildman–Crippen LogP) is 2.88. The molecule has 0 aromatic heterocycles. The van der Waals surface area contributed by atoms with Crippen molar-refractivity contribution in [3.8, 4) is 0 Å². The molecule has 112 valence electrons. The van der Waals surface area contributed by atoms with E-state index in [4.69, 9.17) is 5.73 Å². The van der Waals surface area contributed by atoms with Gasteiger partial charge < -0.3 is 5.73 Å². The van der Waals surface area contributed by atoms with Gasteiger partial charge in [-0.1, -0.05) is 113 Å². The maximum Gasteiger partial charge on any atom is 0.241 e. The van der Waals surface area contributed by atoms with Gasteiger partial charge in [0.25, 0.3) is 0 Å². The summed E-state index contributed by atoms with van der Waals surface area (Å²) < 4.78 is 0. The minimum Gasteiger partial charge on any atom is -0.327 e. The zero-order chi connectivity index (χ0) is 15.9. The van der Waals surface area contributed by atoms with Crippen LogP contribution in [0.2, 0.25) is 0 Å². The van der Waals surface area contributed by atoms with Gasteiger partial charge in [-0.05, 0) is 5.56 Å². The third-order valence-corrected chi connectivity index (χ3v) is 4.02. The zero-order valence-corrected chi connectivity index (χ0v) is 13.1. The van der Waals surface area contributed by atoms with Crippen LogP contribution in [0.25, 0.3) is 5.47 Å². The molecule has 0 fully saturated rings. The predicted molar refractivity (Wildman–Crippen MR) is 101 cm³/mol. The van der Waals surface area contributed by atoms with Gasteiger partial charge in [-0.2, -0.15) is 0 Å². The summed E-state index contributed by atoms with van der Waals surface area (Å²) in [4.78, 5) is 0. The van der Waals surface area contributed by atoms with Gasteiger partial charge in [0.2, 0.25) is 6.71 Å². The monoisotopic (exact) mass is 297 g/mol. The lowest BCUT2D eigenvalue weighted by atomic mass is 9.35.